The molecule has 0 saturated heterocycles. The van der Waals surface area contributed by atoms with Crippen molar-refractivity contribution < 1.29 is 17.9 Å². The molecule has 1 aromatic carbocycles. The molecule has 6 heteroatoms. The van der Waals surface area contributed by atoms with Gasteiger partial charge in [0, 0.05) is 13.0 Å². The Hall–Kier alpha value is -1.56. The summed E-state index contributed by atoms with van der Waals surface area (Å²) in [6.07, 6.45) is 2.55. The Labute approximate surface area is 113 Å². The van der Waals surface area contributed by atoms with Crippen LogP contribution in [-0.4, -0.2) is 32.8 Å². The number of ether oxygens (including phenoxy) is 1. The number of nitrogens with zero attached hydrogens (tertiary/aromatic N) is 1. The number of carbonyl (C=O) groups excluding carboxylic acids is 1. The largest absolute Gasteiger partial charge is 0.497 e. The lowest BCUT2D eigenvalue weighted by atomic mass is 9.85. The third-order valence-electron chi connectivity index (χ3n) is 3.48. The molecule has 2 rings (SSSR count). The molecule has 1 aliphatic rings. The zero-order valence-electron chi connectivity index (χ0n) is 11.0. The van der Waals surface area contributed by atoms with Gasteiger partial charge in [-0.3, -0.25) is 4.79 Å². The average Bonchev–Trinajstić information content (AvgIpc) is 2.35. The second-order valence-corrected chi connectivity index (χ2v) is 6.58. The molecular weight excluding hydrogens is 266 g/mol. The van der Waals surface area contributed by atoms with Gasteiger partial charge in [-0.15, -0.1) is 0 Å². The van der Waals surface area contributed by atoms with E-state index in [-0.39, 0.29) is 16.7 Å². The van der Waals surface area contributed by atoms with Crippen LogP contribution in [0.1, 0.15) is 19.3 Å². The van der Waals surface area contributed by atoms with Crippen molar-refractivity contribution in [3.8, 4) is 5.75 Å². The van der Waals surface area contributed by atoms with Crippen LogP contribution in [0.5, 0.6) is 5.75 Å². The number of methoxy groups -OCH3 is 1. The van der Waals surface area contributed by atoms with E-state index in [1.807, 2.05) is 0 Å². The van der Waals surface area contributed by atoms with Gasteiger partial charge in [0.15, 0.2) is 0 Å². The van der Waals surface area contributed by atoms with E-state index in [1.165, 1.54) is 26.3 Å². The van der Waals surface area contributed by atoms with Crippen LogP contribution in [0, 0.1) is 5.92 Å². The predicted molar refractivity (Wildman–Crippen MR) is 70.3 cm³/mol. The summed E-state index contributed by atoms with van der Waals surface area (Å²) in [4.78, 5) is 12.1. The third kappa shape index (κ3) is 2.58. The van der Waals surface area contributed by atoms with Gasteiger partial charge in [0.1, 0.15) is 5.75 Å². The summed E-state index contributed by atoms with van der Waals surface area (Å²) in [7, 11) is -0.927. The van der Waals surface area contributed by atoms with Crippen LogP contribution in [0.2, 0.25) is 0 Å². The van der Waals surface area contributed by atoms with Gasteiger partial charge in [-0.05, 0) is 37.1 Å². The Bertz CT molecular complexity index is 561. The molecule has 5 nitrogen and oxygen atoms in total. The Kier molecular flexibility index (Phi) is 3.80. The SMILES string of the molecule is COc1ccc(S(=O)(=O)N(C)C(=O)C2CCC2)cc1. The monoisotopic (exact) mass is 283 g/mol. The number of sulfonamides is 1. The number of carbonyl (C=O) groups is 1. The smallest absolute Gasteiger partial charge is 0.266 e. The van der Waals surface area contributed by atoms with Crippen molar-refractivity contribution in [1.82, 2.24) is 4.31 Å². The molecule has 1 aliphatic carbocycles. The summed E-state index contributed by atoms with van der Waals surface area (Å²) < 4.78 is 30.4. The van der Waals surface area contributed by atoms with Crippen LogP contribution in [0.15, 0.2) is 29.2 Å². The fourth-order valence-electron chi connectivity index (χ4n) is 1.94. The molecule has 0 radical (unpaired) electrons. The first kappa shape index (κ1) is 13.9. The van der Waals surface area contributed by atoms with Gasteiger partial charge >= 0.3 is 0 Å². The van der Waals surface area contributed by atoms with E-state index >= 15 is 0 Å². The normalized spacial score (nSPS) is 15.7. The second kappa shape index (κ2) is 5.21. The molecule has 1 aromatic rings. The van der Waals surface area contributed by atoms with Crippen LogP contribution in [0.3, 0.4) is 0 Å². The van der Waals surface area contributed by atoms with E-state index in [0.29, 0.717) is 5.75 Å². The molecule has 0 spiro atoms. The number of amides is 1. The Morgan fingerprint density at radius 3 is 2.26 bits per heavy atom. The van der Waals surface area contributed by atoms with Gasteiger partial charge in [-0.25, -0.2) is 12.7 Å². The first-order valence-corrected chi connectivity index (χ1v) is 7.57. The molecule has 19 heavy (non-hydrogen) atoms. The van der Waals surface area contributed by atoms with Crippen molar-refractivity contribution in [2.45, 2.75) is 24.2 Å². The summed E-state index contributed by atoms with van der Waals surface area (Å²) in [5, 5.41) is 0. The van der Waals surface area contributed by atoms with E-state index in [1.54, 1.807) is 12.1 Å². The number of hydrogen-bond acceptors (Lipinski definition) is 4. The molecule has 0 aliphatic heterocycles. The second-order valence-electron chi connectivity index (χ2n) is 4.61. The summed E-state index contributed by atoms with van der Waals surface area (Å²) in [6, 6.07) is 6.01. The maximum absolute atomic E-state index is 12.3. The molecule has 1 amide bonds. The zero-order chi connectivity index (χ0) is 14.0. The Morgan fingerprint density at radius 1 is 1.26 bits per heavy atom. The highest BCUT2D eigenvalue weighted by Gasteiger charge is 2.33. The van der Waals surface area contributed by atoms with Crippen molar-refractivity contribution in [3.05, 3.63) is 24.3 Å². The molecule has 104 valence electrons. The van der Waals surface area contributed by atoms with Crippen LogP contribution < -0.4 is 4.74 Å². The standard InChI is InChI=1S/C13H17NO4S/c1-14(13(15)10-4-3-5-10)19(16,17)12-8-6-11(18-2)7-9-12/h6-10H,3-5H2,1-2H3. The van der Waals surface area contributed by atoms with Crippen molar-refractivity contribution in [2.24, 2.45) is 5.92 Å². The minimum Gasteiger partial charge on any atom is -0.497 e. The van der Waals surface area contributed by atoms with E-state index in [2.05, 4.69) is 0 Å². The Morgan fingerprint density at radius 2 is 1.84 bits per heavy atom. The lowest BCUT2D eigenvalue weighted by Gasteiger charge is -2.28. The third-order valence-corrected chi connectivity index (χ3v) is 5.25. The molecule has 0 aromatic heterocycles. The van der Waals surface area contributed by atoms with E-state index in [0.717, 1.165) is 23.6 Å². The minimum atomic E-state index is -3.76. The highest BCUT2D eigenvalue weighted by molar-refractivity contribution is 7.89. The molecule has 0 N–H and O–H groups in total. The van der Waals surface area contributed by atoms with Gasteiger partial charge in [0.2, 0.25) is 5.91 Å². The summed E-state index contributed by atoms with van der Waals surface area (Å²) in [5.74, 6) is 0.118. The number of benzene rings is 1. The van der Waals surface area contributed by atoms with Crippen LogP contribution in [0.4, 0.5) is 0 Å². The number of hydrogen-bond donors (Lipinski definition) is 0. The van der Waals surface area contributed by atoms with E-state index in [9.17, 15) is 13.2 Å². The van der Waals surface area contributed by atoms with Crippen LogP contribution in [0.25, 0.3) is 0 Å². The van der Waals surface area contributed by atoms with Gasteiger partial charge in [0.05, 0.1) is 12.0 Å². The molecule has 1 saturated carbocycles. The fourth-order valence-corrected chi connectivity index (χ4v) is 3.12. The molecule has 0 unspecified atom stereocenters. The molecule has 1 fully saturated rings. The van der Waals surface area contributed by atoms with Crippen molar-refractivity contribution >= 4 is 15.9 Å². The topological polar surface area (TPSA) is 63.7 Å². The predicted octanol–water partition coefficient (Wildman–Crippen LogP) is 1.64. The first-order chi connectivity index (χ1) is 8.96. The maximum Gasteiger partial charge on any atom is 0.266 e. The van der Waals surface area contributed by atoms with Crippen LogP contribution in [-0.2, 0) is 14.8 Å². The van der Waals surface area contributed by atoms with E-state index in [4.69, 9.17) is 4.74 Å². The zero-order valence-corrected chi connectivity index (χ0v) is 11.8. The fraction of sp³-hybridized carbons (Fsp3) is 0.462. The highest BCUT2D eigenvalue weighted by atomic mass is 32.2. The lowest BCUT2D eigenvalue weighted by molar-refractivity contribution is -0.132. The van der Waals surface area contributed by atoms with E-state index < -0.39 is 10.0 Å². The quantitative estimate of drug-likeness (QED) is 0.842. The van der Waals surface area contributed by atoms with Gasteiger partial charge in [-0.1, -0.05) is 6.42 Å². The van der Waals surface area contributed by atoms with Gasteiger partial charge < -0.3 is 4.74 Å². The average molecular weight is 283 g/mol. The Balaban J connectivity index is 2.22. The summed E-state index contributed by atoms with van der Waals surface area (Å²) >= 11 is 0. The van der Waals surface area contributed by atoms with Crippen molar-refractivity contribution in [3.63, 3.8) is 0 Å². The molecule has 0 heterocycles. The van der Waals surface area contributed by atoms with Gasteiger partial charge in [-0.2, -0.15) is 0 Å². The highest BCUT2D eigenvalue weighted by Crippen LogP contribution is 2.30. The lowest BCUT2D eigenvalue weighted by Crippen LogP contribution is -2.40. The van der Waals surface area contributed by atoms with Crippen molar-refractivity contribution in [1.29, 1.82) is 0 Å². The summed E-state index contributed by atoms with van der Waals surface area (Å²) in [6.45, 7) is 0. The summed E-state index contributed by atoms with van der Waals surface area (Å²) in [5.41, 5.74) is 0. The number of rotatable bonds is 4. The maximum atomic E-state index is 12.3. The first-order valence-electron chi connectivity index (χ1n) is 6.13. The molecular formula is C13H17NO4S. The molecule has 0 atom stereocenters. The minimum absolute atomic E-state index is 0.100. The van der Waals surface area contributed by atoms with Crippen LogP contribution >= 0.6 is 0 Å². The van der Waals surface area contributed by atoms with Crippen molar-refractivity contribution in [2.75, 3.05) is 14.2 Å². The van der Waals surface area contributed by atoms with Gasteiger partial charge in [0.25, 0.3) is 10.0 Å². The molecule has 0 bridgehead atoms.